The Morgan fingerprint density at radius 1 is 1.05 bits per heavy atom. The summed E-state index contributed by atoms with van der Waals surface area (Å²) in [5, 5.41) is 0. The maximum atomic E-state index is 13.1. The number of benzene rings is 2. The van der Waals surface area contributed by atoms with E-state index < -0.39 is 0 Å². The van der Waals surface area contributed by atoms with Crippen LogP contribution in [0.5, 0.6) is 5.75 Å². The molecule has 2 aromatic carbocycles. The second kappa shape index (κ2) is 6.68. The number of hydrogen-bond acceptors (Lipinski definition) is 2. The lowest BCUT2D eigenvalue weighted by molar-refractivity contribution is 0.305. The molecule has 2 aromatic rings. The molecule has 0 radical (unpaired) electrons. The molecule has 0 spiro atoms. The van der Waals surface area contributed by atoms with E-state index in [2.05, 4.69) is 15.9 Å². The SMILES string of the molecule is NCCc1ccc(COc2ccc(F)c(Br)c2)cc1. The normalized spacial score (nSPS) is 10.5. The van der Waals surface area contributed by atoms with E-state index in [0.29, 0.717) is 23.4 Å². The average Bonchev–Trinajstić information content (AvgIpc) is 2.42. The van der Waals surface area contributed by atoms with E-state index in [0.717, 1.165) is 12.0 Å². The molecule has 100 valence electrons. The highest BCUT2D eigenvalue weighted by Gasteiger charge is 2.02. The monoisotopic (exact) mass is 323 g/mol. The van der Waals surface area contributed by atoms with E-state index in [1.807, 2.05) is 24.3 Å². The van der Waals surface area contributed by atoms with Crippen molar-refractivity contribution in [2.45, 2.75) is 13.0 Å². The van der Waals surface area contributed by atoms with Crippen molar-refractivity contribution in [1.82, 2.24) is 0 Å². The molecule has 0 saturated heterocycles. The van der Waals surface area contributed by atoms with Crippen molar-refractivity contribution in [2.24, 2.45) is 5.73 Å². The molecule has 0 unspecified atom stereocenters. The third kappa shape index (κ3) is 4.04. The van der Waals surface area contributed by atoms with Crippen molar-refractivity contribution >= 4 is 15.9 Å². The molecule has 4 heteroatoms. The topological polar surface area (TPSA) is 35.2 Å². The van der Waals surface area contributed by atoms with Gasteiger partial charge in [-0.1, -0.05) is 24.3 Å². The van der Waals surface area contributed by atoms with Gasteiger partial charge in [-0.3, -0.25) is 0 Å². The molecular formula is C15H15BrFNO. The Kier molecular flexibility index (Phi) is 4.93. The van der Waals surface area contributed by atoms with E-state index in [1.165, 1.54) is 11.6 Å². The van der Waals surface area contributed by atoms with Crippen LogP contribution in [0.15, 0.2) is 46.9 Å². The highest BCUT2D eigenvalue weighted by Crippen LogP contribution is 2.22. The van der Waals surface area contributed by atoms with Crippen LogP contribution in [0.1, 0.15) is 11.1 Å². The van der Waals surface area contributed by atoms with Crippen LogP contribution in [0.2, 0.25) is 0 Å². The summed E-state index contributed by atoms with van der Waals surface area (Å²) in [5.74, 6) is 0.345. The Balaban J connectivity index is 1.96. The molecule has 0 saturated carbocycles. The number of halogens is 2. The third-order valence-electron chi connectivity index (χ3n) is 2.75. The van der Waals surface area contributed by atoms with Crippen molar-refractivity contribution < 1.29 is 9.13 Å². The summed E-state index contributed by atoms with van der Waals surface area (Å²) in [6.07, 6.45) is 0.881. The Labute approximate surface area is 120 Å². The highest BCUT2D eigenvalue weighted by molar-refractivity contribution is 9.10. The largest absolute Gasteiger partial charge is 0.489 e. The minimum Gasteiger partial charge on any atom is -0.489 e. The van der Waals surface area contributed by atoms with Crippen LogP contribution in [0.25, 0.3) is 0 Å². The number of ether oxygens (including phenoxy) is 1. The van der Waals surface area contributed by atoms with Crippen molar-refractivity contribution in [2.75, 3.05) is 6.54 Å². The van der Waals surface area contributed by atoms with Crippen LogP contribution in [0.4, 0.5) is 4.39 Å². The number of hydrogen-bond donors (Lipinski definition) is 1. The molecule has 0 atom stereocenters. The van der Waals surface area contributed by atoms with Gasteiger partial charge in [-0.25, -0.2) is 4.39 Å². The Bertz CT molecular complexity index is 542. The Morgan fingerprint density at radius 3 is 2.37 bits per heavy atom. The molecule has 19 heavy (non-hydrogen) atoms. The van der Waals surface area contributed by atoms with Crippen molar-refractivity contribution in [3.05, 3.63) is 63.9 Å². The van der Waals surface area contributed by atoms with E-state index in [9.17, 15) is 4.39 Å². The molecule has 0 aliphatic carbocycles. The Morgan fingerprint density at radius 2 is 1.74 bits per heavy atom. The molecule has 2 nitrogen and oxygen atoms in total. The molecular weight excluding hydrogens is 309 g/mol. The predicted octanol–water partition coefficient (Wildman–Crippen LogP) is 3.67. The Hall–Kier alpha value is -1.39. The smallest absolute Gasteiger partial charge is 0.137 e. The fourth-order valence-electron chi connectivity index (χ4n) is 1.70. The van der Waals surface area contributed by atoms with Gasteiger partial charge in [0.15, 0.2) is 0 Å². The summed E-state index contributed by atoms with van der Waals surface area (Å²) in [4.78, 5) is 0. The summed E-state index contributed by atoms with van der Waals surface area (Å²) in [7, 11) is 0. The van der Waals surface area contributed by atoms with Gasteiger partial charge in [0.05, 0.1) is 4.47 Å². The molecule has 0 heterocycles. The van der Waals surface area contributed by atoms with Gasteiger partial charge in [0, 0.05) is 0 Å². The van der Waals surface area contributed by atoms with Crippen molar-refractivity contribution in [3.8, 4) is 5.75 Å². The summed E-state index contributed by atoms with van der Waals surface area (Å²) in [5.41, 5.74) is 7.79. The van der Waals surface area contributed by atoms with Crippen LogP contribution < -0.4 is 10.5 Å². The van der Waals surface area contributed by atoms with Crippen LogP contribution in [0, 0.1) is 5.82 Å². The fraction of sp³-hybridized carbons (Fsp3) is 0.200. The standard InChI is InChI=1S/C15H15BrFNO/c16-14-9-13(5-6-15(14)17)19-10-12-3-1-11(2-4-12)7-8-18/h1-6,9H,7-8,10,18H2. The minimum atomic E-state index is -0.293. The summed E-state index contributed by atoms with van der Waals surface area (Å²) < 4.78 is 19.1. The lowest BCUT2D eigenvalue weighted by Crippen LogP contribution is -2.03. The van der Waals surface area contributed by atoms with Gasteiger partial charge >= 0.3 is 0 Å². The quantitative estimate of drug-likeness (QED) is 0.911. The van der Waals surface area contributed by atoms with Gasteiger partial charge in [-0.05, 0) is 58.2 Å². The van der Waals surface area contributed by atoms with Crippen molar-refractivity contribution in [3.63, 3.8) is 0 Å². The summed E-state index contributed by atoms with van der Waals surface area (Å²) >= 11 is 3.13. The van der Waals surface area contributed by atoms with E-state index in [-0.39, 0.29) is 5.82 Å². The van der Waals surface area contributed by atoms with E-state index in [4.69, 9.17) is 10.5 Å². The van der Waals surface area contributed by atoms with Gasteiger partial charge < -0.3 is 10.5 Å². The molecule has 0 amide bonds. The van der Waals surface area contributed by atoms with E-state index in [1.54, 1.807) is 12.1 Å². The molecule has 0 bridgehead atoms. The molecule has 0 aliphatic heterocycles. The van der Waals surface area contributed by atoms with E-state index >= 15 is 0 Å². The highest BCUT2D eigenvalue weighted by atomic mass is 79.9. The number of rotatable bonds is 5. The first kappa shape index (κ1) is 14.0. The maximum absolute atomic E-state index is 13.1. The average molecular weight is 324 g/mol. The maximum Gasteiger partial charge on any atom is 0.137 e. The molecule has 2 rings (SSSR count). The second-order valence-corrected chi connectivity index (χ2v) is 5.07. The predicted molar refractivity (Wildman–Crippen MR) is 77.6 cm³/mol. The van der Waals surface area contributed by atoms with Crippen LogP contribution in [0.3, 0.4) is 0 Å². The zero-order valence-electron chi connectivity index (χ0n) is 10.4. The van der Waals surface area contributed by atoms with Gasteiger partial charge in [-0.2, -0.15) is 0 Å². The lowest BCUT2D eigenvalue weighted by atomic mass is 10.1. The van der Waals surface area contributed by atoms with Crippen LogP contribution in [-0.2, 0) is 13.0 Å². The second-order valence-electron chi connectivity index (χ2n) is 4.22. The van der Waals surface area contributed by atoms with Crippen molar-refractivity contribution in [1.29, 1.82) is 0 Å². The fourth-order valence-corrected chi connectivity index (χ4v) is 2.06. The van der Waals surface area contributed by atoms with Crippen LogP contribution in [-0.4, -0.2) is 6.54 Å². The number of nitrogens with two attached hydrogens (primary N) is 1. The van der Waals surface area contributed by atoms with Crippen LogP contribution >= 0.6 is 15.9 Å². The zero-order valence-corrected chi connectivity index (χ0v) is 12.0. The molecule has 0 fully saturated rings. The third-order valence-corrected chi connectivity index (χ3v) is 3.36. The van der Waals surface area contributed by atoms with Gasteiger partial charge in [0.25, 0.3) is 0 Å². The summed E-state index contributed by atoms with van der Waals surface area (Å²) in [6.45, 7) is 1.11. The van der Waals surface area contributed by atoms with Gasteiger partial charge in [0.2, 0.25) is 0 Å². The molecule has 2 N–H and O–H groups in total. The van der Waals surface area contributed by atoms with Gasteiger partial charge in [0.1, 0.15) is 18.2 Å². The molecule has 0 aliphatic rings. The minimum absolute atomic E-state index is 0.293. The first-order chi connectivity index (χ1) is 9.19. The zero-order chi connectivity index (χ0) is 13.7. The summed E-state index contributed by atoms with van der Waals surface area (Å²) in [6, 6.07) is 12.7. The van der Waals surface area contributed by atoms with Gasteiger partial charge in [-0.15, -0.1) is 0 Å². The molecule has 0 aromatic heterocycles. The first-order valence-electron chi connectivity index (χ1n) is 6.05. The lowest BCUT2D eigenvalue weighted by Gasteiger charge is -2.07. The first-order valence-corrected chi connectivity index (χ1v) is 6.84.